The summed E-state index contributed by atoms with van der Waals surface area (Å²) in [7, 11) is 0. The van der Waals surface area contributed by atoms with Crippen LogP contribution in [0.3, 0.4) is 0 Å². The Morgan fingerprint density at radius 3 is 2.50 bits per heavy atom. The molecule has 0 unspecified atom stereocenters. The quantitative estimate of drug-likeness (QED) is 0.838. The summed E-state index contributed by atoms with van der Waals surface area (Å²) in [5.41, 5.74) is 7.16. The normalized spacial score (nSPS) is 17.4. The van der Waals surface area contributed by atoms with Crippen LogP contribution in [0.2, 0.25) is 5.02 Å². The van der Waals surface area contributed by atoms with Crippen LogP contribution in [0.25, 0.3) is 0 Å². The highest BCUT2D eigenvalue weighted by Gasteiger charge is 2.31. The van der Waals surface area contributed by atoms with Gasteiger partial charge in [0.2, 0.25) is 0 Å². The molecule has 112 valence electrons. The van der Waals surface area contributed by atoms with Crippen LogP contribution in [0.5, 0.6) is 0 Å². The van der Waals surface area contributed by atoms with E-state index in [9.17, 15) is 4.79 Å². The Labute approximate surface area is 131 Å². The first-order valence-corrected chi connectivity index (χ1v) is 7.17. The van der Waals surface area contributed by atoms with Crippen molar-refractivity contribution in [3.05, 3.63) is 28.8 Å². The predicted octanol–water partition coefficient (Wildman–Crippen LogP) is 4.00. The van der Waals surface area contributed by atoms with Gasteiger partial charge in [0.1, 0.15) is 0 Å². The van der Waals surface area contributed by atoms with Crippen molar-refractivity contribution in [1.82, 2.24) is 4.90 Å². The monoisotopic (exact) mass is 316 g/mol. The van der Waals surface area contributed by atoms with E-state index < -0.39 is 0 Å². The van der Waals surface area contributed by atoms with Gasteiger partial charge in [-0.15, -0.1) is 12.4 Å². The third-order valence-corrected chi connectivity index (χ3v) is 4.65. The van der Waals surface area contributed by atoms with Gasteiger partial charge in [-0.05, 0) is 36.5 Å². The molecule has 3 nitrogen and oxygen atoms in total. The number of rotatable bonds is 2. The van der Waals surface area contributed by atoms with Gasteiger partial charge in [0.15, 0.2) is 0 Å². The minimum absolute atomic E-state index is 0. The lowest BCUT2D eigenvalue weighted by molar-refractivity contribution is 0.0600. The number of piperidine rings is 1. The second kappa shape index (κ2) is 6.68. The molecule has 0 saturated carbocycles. The zero-order chi connectivity index (χ0) is 14.0. The summed E-state index contributed by atoms with van der Waals surface area (Å²) in [4.78, 5) is 14.3. The Kier molecular flexibility index (Phi) is 5.72. The second-order valence-corrected chi connectivity index (χ2v) is 6.10. The minimum Gasteiger partial charge on any atom is -0.399 e. The van der Waals surface area contributed by atoms with Crippen molar-refractivity contribution in [2.75, 3.05) is 18.8 Å². The van der Waals surface area contributed by atoms with E-state index in [1.807, 2.05) is 4.90 Å². The zero-order valence-electron chi connectivity index (χ0n) is 12.0. The van der Waals surface area contributed by atoms with Crippen LogP contribution in [-0.2, 0) is 0 Å². The SMILES string of the molecule is CCC1(C)CCN(C(=O)c2ccc(N)cc2Cl)CC1.Cl. The van der Waals surface area contributed by atoms with Gasteiger partial charge >= 0.3 is 0 Å². The molecular formula is C15H22Cl2N2O. The van der Waals surface area contributed by atoms with Crippen LogP contribution >= 0.6 is 24.0 Å². The molecule has 1 fully saturated rings. The van der Waals surface area contributed by atoms with Crippen LogP contribution in [0, 0.1) is 5.41 Å². The highest BCUT2D eigenvalue weighted by molar-refractivity contribution is 6.34. The summed E-state index contributed by atoms with van der Waals surface area (Å²) in [5, 5.41) is 0.439. The minimum atomic E-state index is 0. The molecule has 1 saturated heterocycles. The lowest BCUT2D eigenvalue weighted by Crippen LogP contribution is -2.42. The van der Waals surface area contributed by atoms with Crippen molar-refractivity contribution in [3.63, 3.8) is 0 Å². The van der Waals surface area contributed by atoms with Crippen LogP contribution in [-0.4, -0.2) is 23.9 Å². The third-order valence-electron chi connectivity index (χ3n) is 4.33. The molecule has 1 aromatic carbocycles. The largest absolute Gasteiger partial charge is 0.399 e. The highest BCUT2D eigenvalue weighted by atomic mass is 35.5. The highest BCUT2D eigenvalue weighted by Crippen LogP contribution is 2.34. The number of carbonyl (C=O) groups is 1. The maximum Gasteiger partial charge on any atom is 0.255 e. The molecule has 1 heterocycles. The average molecular weight is 317 g/mol. The molecule has 0 aliphatic carbocycles. The lowest BCUT2D eigenvalue weighted by Gasteiger charge is -2.39. The van der Waals surface area contributed by atoms with Crippen molar-refractivity contribution < 1.29 is 4.79 Å². The molecule has 0 aromatic heterocycles. The molecular weight excluding hydrogens is 295 g/mol. The molecule has 20 heavy (non-hydrogen) atoms. The Hall–Kier alpha value is -0.930. The number of halogens is 2. The molecule has 1 aromatic rings. The number of hydrogen-bond donors (Lipinski definition) is 1. The molecule has 0 bridgehead atoms. The van der Waals surface area contributed by atoms with Gasteiger partial charge in [-0.25, -0.2) is 0 Å². The summed E-state index contributed by atoms with van der Waals surface area (Å²) in [6.07, 6.45) is 3.28. The first-order chi connectivity index (χ1) is 8.95. The molecule has 5 heteroatoms. The van der Waals surface area contributed by atoms with Gasteiger partial charge in [-0.3, -0.25) is 4.79 Å². The second-order valence-electron chi connectivity index (χ2n) is 5.70. The smallest absolute Gasteiger partial charge is 0.255 e. The van der Waals surface area contributed by atoms with Gasteiger partial charge in [0.25, 0.3) is 5.91 Å². The molecule has 0 atom stereocenters. The Bertz CT molecular complexity index is 483. The standard InChI is InChI=1S/C15H21ClN2O.ClH/c1-3-15(2)6-8-18(9-7-15)14(19)12-5-4-11(17)10-13(12)16;/h4-5,10H,3,6-9,17H2,1-2H3;1H. The van der Waals surface area contributed by atoms with Gasteiger partial charge in [-0.2, -0.15) is 0 Å². The van der Waals surface area contributed by atoms with E-state index in [0.29, 0.717) is 21.7 Å². The first-order valence-electron chi connectivity index (χ1n) is 6.79. The Morgan fingerprint density at radius 1 is 1.40 bits per heavy atom. The van der Waals surface area contributed by atoms with Crippen molar-refractivity contribution >= 4 is 35.6 Å². The maximum atomic E-state index is 12.4. The number of nitrogens with two attached hydrogens (primary N) is 1. The maximum absolute atomic E-state index is 12.4. The summed E-state index contributed by atoms with van der Waals surface area (Å²) in [5.74, 6) is 0.0168. The van der Waals surface area contributed by atoms with Crippen molar-refractivity contribution in [3.8, 4) is 0 Å². The van der Waals surface area contributed by atoms with E-state index in [-0.39, 0.29) is 18.3 Å². The predicted molar refractivity (Wildman–Crippen MR) is 86.6 cm³/mol. The van der Waals surface area contributed by atoms with Crippen LogP contribution in [0.4, 0.5) is 5.69 Å². The number of benzene rings is 1. The van der Waals surface area contributed by atoms with E-state index in [1.165, 1.54) is 0 Å². The van der Waals surface area contributed by atoms with E-state index in [4.69, 9.17) is 17.3 Å². The van der Waals surface area contributed by atoms with Gasteiger partial charge in [-0.1, -0.05) is 31.9 Å². The van der Waals surface area contributed by atoms with Gasteiger partial charge in [0, 0.05) is 18.8 Å². The van der Waals surface area contributed by atoms with Crippen LogP contribution < -0.4 is 5.73 Å². The molecule has 0 spiro atoms. The Balaban J connectivity index is 0.00000200. The number of nitrogens with zero attached hydrogens (tertiary/aromatic N) is 1. The fourth-order valence-electron chi connectivity index (χ4n) is 2.48. The lowest BCUT2D eigenvalue weighted by atomic mass is 9.78. The van der Waals surface area contributed by atoms with E-state index in [0.717, 1.165) is 32.4 Å². The molecule has 2 rings (SSSR count). The van der Waals surface area contributed by atoms with Gasteiger partial charge in [0.05, 0.1) is 10.6 Å². The van der Waals surface area contributed by atoms with E-state index in [1.54, 1.807) is 18.2 Å². The summed E-state index contributed by atoms with van der Waals surface area (Å²) < 4.78 is 0. The topological polar surface area (TPSA) is 46.3 Å². The van der Waals surface area contributed by atoms with Crippen molar-refractivity contribution in [2.45, 2.75) is 33.1 Å². The Morgan fingerprint density at radius 2 is 2.00 bits per heavy atom. The van der Waals surface area contributed by atoms with Crippen LogP contribution in [0.1, 0.15) is 43.5 Å². The summed E-state index contributed by atoms with van der Waals surface area (Å²) in [6, 6.07) is 5.07. The van der Waals surface area contributed by atoms with Gasteiger partial charge < -0.3 is 10.6 Å². The molecule has 2 N–H and O–H groups in total. The zero-order valence-corrected chi connectivity index (χ0v) is 13.6. The molecule has 1 aliphatic rings. The first kappa shape index (κ1) is 17.1. The number of nitrogen functional groups attached to an aromatic ring is 1. The van der Waals surface area contributed by atoms with Crippen molar-refractivity contribution in [2.24, 2.45) is 5.41 Å². The fraction of sp³-hybridized carbons (Fsp3) is 0.533. The number of likely N-dealkylation sites (tertiary alicyclic amines) is 1. The third kappa shape index (κ3) is 3.58. The molecule has 0 radical (unpaired) electrons. The number of hydrogen-bond acceptors (Lipinski definition) is 2. The number of amides is 1. The fourth-order valence-corrected chi connectivity index (χ4v) is 2.75. The van der Waals surface area contributed by atoms with Crippen LogP contribution in [0.15, 0.2) is 18.2 Å². The summed E-state index contributed by atoms with van der Waals surface area (Å²) in [6.45, 7) is 6.13. The van der Waals surface area contributed by atoms with E-state index >= 15 is 0 Å². The number of carbonyl (C=O) groups excluding carboxylic acids is 1. The van der Waals surface area contributed by atoms with E-state index in [2.05, 4.69) is 13.8 Å². The number of anilines is 1. The molecule has 1 aliphatic heterocycles. The molecule has 1 amide bonds. The summed E-state index contributed by atoms with van der Waals surface area (Å²) >= 11 is 6.10. The average Bonchev–Trinajstić information content (AvgIpc) is 2.39. The van der Waals surface area contributed by atoms with Crippen molar-refractivity contribution in [1.29, 1.82) is 0 Å².